The molecule has 3 N–H and O–H groups in total. The van der Waals surface area contributed by atoms with Crippen LogP contribution >= 0.6 is 0 Å². The molecule has 1 unspecified atom stereocenters. The van der Waals surface area contributed by atoms with Crippen LogP contribution in [0.5, 0.6) is 5.75 Å². The van der Waals surface area contributed by atoms with Crippen LogP contribution in [0.4, 0.5) is 5.82 Å². The van der Waals surface area contributed by atoms with E-state index in [-0.39, 0.29) is 29.2 Å². The number of nitrogen functional groups attached to an aromatic ring is 1. The number of hydrogen-bond acceptors (Lipinski definition) is 6. The zero-order valence-corrected chi connectivity index (χ0v) is 11.3. The van der Waals surface area contributed by atoms with Crippen molar-refractivity contribution in [3.63, 3.8) is 0 Å². The molecule has 0 aliphatic carbocycles. The van der Waals surface area contributed by atoms with Crippen molar-refractivity contribution in [2.75, 3.05) is 12.3 Å². The van der Waals surface area contributed by atoms with Crippen molar-refractivity contribution in [1.29, 1.82) is 0 Å². The lowest BCUT2D eigenvalue weighted by Gasteiger charge is -2.27. The second-order valence-corrected chi connectivity index (χ2v) is 4.36. The first-order valence-corrected chi connectivity index (χ1v) is 6.22. The van der Waals surface area contributed by atoms with Gasteiger partial charge in [-0.25, -0.2) is 4.63 Å². The van der Waals surface area contributed by atoms with E-state index in [1.54, 1.807) is 23.1 Å². The number of nitrogens with zero attached hydrogens (tertiary/aromatic N) is 3. The van der Waals surface area contributed by atoms with Crippen molar-refractivity contribution in [1.82, 2.24) is 15.2 Å². The zero-order valence-electron chi connectivity index (χ0n) is 11.3. The van der Waals surface area contributed by atoms with E-state index in [0.717, 1.165) is 5.56 Å². The lowest BCUT2D eigenvalue weighted by atomic mass is 10.1. The molecule has 2 aromatic rings. The second-order valence-electron chi connectivity index (χ2n) is 4.36. The molecule has 106 valence electrons. The number of aromatic hydroxyl groups is 1. The fourth-order valence-corrected chi connectivity index (χ4v) is 2.04. The number of phenolic OH excluding ortho intramolecular Hbond substituents is 1. The molecule has 0 radical (unpaired) electrons. The predicted octanol–water partition coefficient (Wildman–Crippen LogP) is 1.58. The van der Waals surface area contributed by atoms with Gasteiger partial charge in [-0.1, -0.05) is 12.1 Å². The number of anilines is 1. The molecule has 0 aliphatic rings. The van der Waals surface area contributed by atoms with E-state index in [0.29, 0.717) is 6.54 Å². The molecular formula is C13H16N4O3. The van der Waals surface area contributed by atoms with Crippen LogP contribution in [0.3, 0.4) is 0 Å². The highest BCUT2D eigenvalue weighted by Gasteiger charge is 2.26. The summed E-state index contributed by atoms with van der Waals surface area (Å²) in [6, 6.07) is 6.52. The summed E-state index contributed by atoms with van der Waals surface area (Å²) >= 11 is 0. The van der Waals surface area contributed by atoms with Gasteiger partial charge in [0.15, 0.2) is 0 Å². The van der Waals surface area contributed by atoms with Crippen molar-refractivity contribution in [3.05, 3.63) is 35.5 Å². The largest absolute Gasteiger partial charge is 0.508 e. The monoisotopic (exact) mass is 276 g/mol. The standard InChI is InChI=1S/C13H16N4O3/c1-3-17(13(19)11-12(14)16-20-15-11)8(2)9-5-4-6-10(18)7-9/h4-8,18H,3H2,1-2H3,(H2,14,16). The summed E-state index contributed by atoms with van der Waals surface area (Å²) < 4.78 is 4.45. The van der Waals surface area contributed by atoms with Gasteiger partial charge in [0.25, 0.3) is 5.91 Å². The molecule has 0 aliphatic heterocycles. The van der Waals surface area contributed by atoms with Gasteiger partial charge < -0.3 is 15.7 Å². The summed E-state index contributed by atoms with van der Waals surface area (Å²) in [5, 5.41) is 16.5. The molecule has 0 fully saturated rings. The van der Waals surface area contributed by atoms with Crippen LogP contribution in [0, 0.1) is 0 Å². The number of amides is 1. The summed E-state index contributed by atoms with van der Waals surface area (Å²) in [5.74, 6) is -0.237. The number of carbonyl (C=O) groups is 1. The van der Waals surface area contributed by atoms with Gasteiger partial charge in [0.2, 0.25) is 11.5 Å². The smallest absolute Gasteiger partial charge is 0.280 e. The minimum absolute atomic E-state index is 0.00106. The second kappa shape index (κ2) is 5.60. The number of rotatable bonds is 4. The maximum Gasteiger partial charge on any atom is 0.280 e. The molecule has 1 aromatic carbocycles. The lowest BCUT2D eigenvalue weighted by molar-refractivity contribution is 0.0691. The molecule has 0 saturated heterocycles. The van der Waals surface area contributed by atoms with Crippen molar-refractivity contribution in [2.45, 2.75) is 19.9 Å². The Balaban J connectivity index is 2.28. The minimum Gasteiger partial charge on any atom is -0.508 e. The van der Waals surface area contributed by atoms with E-state index in [2.05, 4.69) is 14.9 Å². The van der Waals surface area contributed by atoms with Crippen LogP contribution in [-0.4, -0.2) is 32.8 Å². The van der Waals surface area contributed by atoms with Crippen LogP contribution in [0.15, 0.2) is 28.9 Å². The Bertz CT molecular complexity index is 611. The zero-order chi connectivity index (χ0) is 14.7. The molecule has 0 saturated carbocycles. The molecule has 7 nitrogen and oxygen atoms in total. The predicted molar refractivity (Wildman–Crippen MR) is 71.9 cm³/mol. The van der Waals surface area contributed by atoms with Crippen LogP contribution < -0.4 is 5.73 Å². The van der Waals surface area contributed by atoms with Gasteiger partial charge in [-0.2, -0.15) is 0 Å². The number of phenols is 1. The fraction of sp³-hybridized carbons (Fsp3) is 0.308. The first-order valence-electron chi connectivity index (χ1n) is 6.22. The van der Waals surface area contributed by atoms with Gasteiger partial charge in [-0.3, -0.25) is 4.79 Å². The van der Waals surface area contributed by atoms with Gasteiger partial charge in [0.05, 0.1) is 6.04 Å². The molecule has 20 heavy (non-hydrogen) atoms. The maximum atomic E-state index is 12.4. The first kappa shape index (κ1) is 13.9. The molecule has 2 rings (SSSR count). The normalized spacial score (nSPS) is 12.1. The van der Waals surface area contributed by atoms with Gasteiger partial charge in [-0.05, 0) is 41.9 Å². The number of benzene rings is 1. The van der Waals surface area contributed by atoms with Gasteiger partial charge in [-0.15, -0.1) is 0 Å². The van der Waals surface area contributed by atoms with E-state index < -0.39 is 0 Å². The Hall–Kier alpha value is -2.57. The van der Waals surface area contributed by atoms with Crippen LogP contribution in [0.2, 0.25) is 0 Å². The third-order valence-electron chi connectivity index (χ3n) is 3.14. The van der Waals surface area contributed by atoms with Crippen LogP contribution in [0.1, 0.15) is 35.9 Å². The van der Waals surface area contributed by atoms with Crippen molar-refractivity contribution >= 4 is 11.7 Å². The highest BCUT2D eigenvalue weighted by Crippen LogP contribution is 2.25. The van der Waals surface area contributed by atoms with Gasteiger partial charge in [0.1, 0.15) is 5.75 Å². The van der Waals surface area contributed by atoms with E-state index in [1.165, 1.54) is 0 Å². The van der Waals surface area contributed by atoms with Crippen LogP contribution in [0.25, 0.3) is 0 Å². The van der Waals surface area contributed by atoms with E-state index in [4.69, 9.17) is 5.73 Å². The van der Waals surface area contributed by atoms with Gasteiger partial charge >= 0.3 is 0 Å². The number of carbonyl (C=O) groups excluding carboxylic acids is 1. The Morgan fingerprint density at radius 2 is 2.25 bits per heavy atom. The van der Waals surface area contributed by atoms with Gasteiger partial charge in [0, 0.05) is 6.54 Å². The number of nitrogens with two attached hydrogens (primary N) is 1. The summed E-state index contributed by atoms with van der Waals surface area (Å²) in [5.41, 5.74) is 6.36. The van der Waals surface area contributed by atoms with E-state index >= 15 is 0 Å². The third kappa shape index (κ3) is 2.56. The number of hydrogen-bond donors (Lipinski definition) is 2. The lowest BCUT2D eigenvalue weighted by Crippen LogP contribution is -2.34. The fourth-order valence-electron chi connectivity index (χ4n) is 2.04. The summed E-state index contributed by atoms with van der Waals surface area (Å²) in [7, 11) is 0. The minimum atomic E-state index is -0.359. The summed E-state index contributed by atoms with van der Waals surface area (Å²) in [4.78, 5) is 14.0. The molecule has 1 atom stereocenters. The highest BCUT2D eigenvalue weighted by molar-refractivity contribution is 5.96. The molecular weight excluding hydrogens is 260 g/mol. The van der Waals surface area contributed by atoms with E-state index in [1.807, 2.05) is 19.9 Å². The maximum absolute atomic E-state index is 12.4. The summed E-state index contributed by atoms with van der Waals surface area (Å²) in [6.45, 7) is 4.17. The highest BCUT2D eigenvalue weighted by atomic mass is 16.6. The van der Waals surface area contributed by atoms with Crippen molar-refractivity contribution in [3.8, 4) is 5.75 Å². The quantitative estimate of drug-likeness (QED) is 0.878. The number of aromatic nitrogens is 2. The first-order chi connectivity index (χ1) is 9.54. The SMILES string of the molecule is CCN(C(=O)c1nonc1N)C(C)c1cccc(O)c1. The average Bonchev–Trinajstić information content (AvgIpc) is 2.85. The third-order valence-corrected chi connectivity index (χ3v) is 3.14. The van der Waals surface area contributed by atoms with Crippen molar-refractivity contribution < 1.29 is 14.5 Å². The molecule has 1 heterocycles. The van der Waals surface area contributed by atoms with Crippen molar-refractivity contribution in [2.24, 2.45) is 0 Å². The topological polar surface area (TPSA) is 105 Å². The molecule has 1 amide bonds. The molecule has 1 aromatic heterocycles. The van der Waals surface area contributed by atoms with E-state index in [9.17, 15) is 9.90 Å². The molecule has 0 spiro atoms. The Kier molecular flexibility index (Phi) is 3.88. The molecule has 7 heteroatoms. The van der Waals surface area contributed by atoms with Crippen LogP contribution in [-0.2, 0) is 0 Å². The summed E-state index contributed by atoms with van der Waals surface area (Å²) in [6.07, 6.45) is 0. The Morgan fingerprint density at radius 3 is 2.80 bits per heavy atom. The molecule has 0 bridgehead atoms. The Morgan fingerprint density at radius 1 is 1.50 bits per heavy atom. The average molecular weight is 276 g/mol. The Labute approximate surface area is 116 Å².